The number of hydrogen-bond donors (Lipinski definition) is 2. The van der Waals surface area contributed by atoms with E-state index in [1.165, 1.54) is 11.8 Å². The molecule has 2 aliphatic heterocycles. The normalized spacial score (nSPS) is 17.6. The third kappa shape index (κ3) is 6.04. The van der Waals surface area contributed by atoms with E-state index in [9.17, 15) is 9.59 Å². The third-order valence-corrected chi connectivity index (χ3v) is 8.74. The molecule has 1 fully saturated rings. The van der Waals surface area contributed by atoms with Gasteiger partial charge in [0.25, 0.3) is 5.91 Å². The molecule has 3 aromatic carbocycles. The Morgan fingerprint density at radius 2 is 1.75 bits per heavy atom. The summed E-state index contributed by atoms with van der Waals surface area (Å²) in [6.45, 7) is 3.41. The van der Waals surface area contributed by atoms with Crippen LogP contribution in [0, 0.1) is 0 Å². The van der Waals surface area contributed by atoms with Gasteiger partial charge in [-0.25, -0.2) is 4.99 Å². The quantitative estimate of drug-likeness (QED) is 0.331. The fraction of sp³-hybridized carbons (Fsp3) is 0.233. The Morgan fingerprint density at radius 3 is 2.48 bits per heavy atom. The first-order valence-electron chi connectivity index (χ1n) is 13.0. The van der Waals surface area contributed by atoms with E-state index >= 15 is 0 Å². The number of para-hydroxylation sites is 1. The van der Waals surface area contributed by atoms with Gasteiger partial charge < -0.3 is 20.4 Å². The SMILES string of the molecule is CCNc1ccc(NC(=O)CN(C)C)cc1/N=C1\S/C(=C2\Sc3ccccc3N2C)C(=O)N1Cc1ccccc1. The van der Waals surface area contributed by atoms with E-state index in [0.717, 1.165) is 26.9 Å². The lowest BCUT2D eigenvalue weighted by Gasteiger charge is -2.17. The van der Waals surface area contributed by atoms with Crippen molar-refractivity contribution in [3.8, 4) is 0 Å². The van der Waals surface area contributed by atoms with Gasteiger partial charge in [0.05, 0.1) is 35.2 Å². The van der Waals surface area contributed by atoms with Crippen LogP contribution in [0.15, 0.2) is 92.6 Å². The first kappa shape index (κ1) is 27.8. The second-order valence-corrected chi connectivity index (χ2v) is 11.7. The van der Waals surface area contributed by atoms with Crippen LogP contribution in [0.25, 0.3) is 0 Å². The van der Waals surface area contributed by atoms with Crippen molar-refractivity contribution >= 4 is 63.3 Å². The molecule has 2 N–H and O–H groups in total. The average Bonchev–Trinajstić information content (AvgIpc) is 3.42. The maximum Gasteiger partial charge on any atom is 0.269 e. The molecular weight excluding hydrogens is 541 g/mol. The summed E-state index contributed by atoms with van der Waals surface area (Å²) in [4.78, 5) is 38.8. The number of thioether (sulfide) groups is 2. The Bertz CT molecular complexity index is 1490. The maximum absolute atomic E-state index is 14.0. The first-order valence-corrected chi connectivity index (χ1v) is 14.7. The second kappa shape index (κ2) is 12.2. The van der Waals surface area contributed by atoms with Gasteiger partial charge in [-0.15, -0.1) is 0 Å². The summed E-state index contributed by atoms with van der Waals surface area (Å²) in [6, 6.07) is 23.7. The number of nitrogens with zero attached hydrogens (tertiary/aromatic N) is 4. The number of likely N-dealkylation sites (N-methyl/N-ethyl adjacent to an activating group) is 1. The van der Waals surface area contributed by atoms with Crippen LogP contribution in [-0.4, -0.2) is 61.0 Å². The summed E-state index contributed by atoms with van der Waals surface area (Å²) < 4.78 is 0. The van der Waals surface area contributed by atoms with E-state index in [1.807, 2.05) is 93.6 Å². The number of benzene rings is 3. The highest BCUT2D eigenvalue weighted by Crippen LogP contribution is 2.50. The summed E-state index contributed by atoms with van der Waals surface area (Å²) in [6.07, 6.45) is 0. The van der Waals surface area contributed by atoms with Gasteiger partial charge in [0.2, 0.25) is 5.91 Å². The van der Waals surface area contributed by atoms with Crippen LogP contribution in [0.3, 0.4) is 0 Å². The van der Waals surface area contributed by atoms with Gasteiger partial charge >= 0.3 is 0 Å². The molecule has 0 aromatic heterocycles. The Balaban J connectivity index is 1.55. The smallest absolute Gasteiger partial charge is 0.269 e. The molecule has 10 heteroatoms. The zero-order chi connectivity index (χ0) is 28.2. The minimum atomic E-state index is -0.108. The first-order chi connectivity index (χ1) is 19.3. The maximum atomic E-state index is 14.0. The van der Waals surface area contributed by atoms with Crippen LogP contribution in [0.4, 0.5) is 22.7 Å². The highest BCUT2D eigenvalue weighted by molar-refractivity contribution is 8.19. The lowest BCUT2D eigenvalue weighted by Crippen LogP contribution is -2.29. The van der Waals surface area contributed by atoms with E-state index in [1.54, 1.807) is 16.7 Å². The molecule has 206 valence electrons. The van der Waals surface area contributed by atoms with Crippen LogP contribution < -0.4 is 15.5 Å². The zero-order valence-corrected chi connectivity index (χ0v) is 24.6. The van der Waals surface area contributed by atoms with E-state index in [-0.39, 0.29) is 18.4 Å². The van der Waals surface area contributed by atoms with Crippen molar-refractivity contribution in [1.29, 1.82) is 0 Å². The lowest BCUT2D eigenvalue weighted by atomic mass is 10.2. The molecule has 0 aliphatic carbocycles. The van der Waals surface area contributed by atoms with Crippen molar-refractivity contribution in [3.63, 3.8) is 0 Å². The number of anilines is 3. The van der Waals surface area contributed by atoms with E-state index in [0.29, 0.717) is 34.5 Å². The van der Waals surface area contributed by atoms with Crippen molar-refractivity contribution in [2.24, 2.45) is 4.99 Å². The van der Waals surface area contributed by atoms with Crippen LogP contribution in [-0.2, 0) is 16.1 Å². The number of carbonyl (C=O) groups is 2. The average molecular weight is 573 g/mol. The summed E-state index contributed by atoms with van der Waals surface area (Å²) in [5, 5.41) is 7.81. The number of amides is 2. The predicted molar refractivity (Wildman–Crippen MR) is 167 cm³/mol. The molecule has 1 saturated heterocycles. The Kier molecular flexibility index (Phi) is 8.49. The Labute approximate surface area is 243 Å². The van der Waals surface area contributed by atoms with Gasteiger partial charge in [0, 0.05) is 24.2 Å². The molecular formula is C30H32N6O2S2. The molecule has 3 aromatic rings. The van der Waals surface area contributed by atoms with E-state index < -0.39 is 0 Å². The van der Waals surface area contributed by atoms with Crippen LogP contribution in [0.2, 0.25) is 0 Å². The number of hydrogen-bond acceptors (Lipinski definition) is 8. The van der Waals surface area contributed by atoms with Crippen molar-refractivity contribution in [2.45, 2.75) is 18.4 Å². The highest BCUT2D eigenvalue weighted by Gasteiger charge is 2.39. The molecule has 0 spiro atoms. The molecule has 0 unspecified atom stereocenters. The number of carbonyl (C=O) groups excluding carboxylic acids is 2. The van der Waals surface area contributed by atoms with Gasteiger partial charge in [-0.05, 0) is 68.7 Å². The largest absolute Gasteiger partial charge is 0.384 e. The molecule has 0 saturated carbocycles. The molecule has 0 radical (unpaired) electrons. The predicted octanol–water partition coefficient (Wildman–Crippen LogP) is 5.79. The molecule has 40 heavy (non-hydrogen) atoms. The molecule has 2 amide bonds. The molecule has 0 atom stereocenters. The number of nitrogens with one attached hydrogen (secondary N) is 2. The van der Waals surface area contributed by atoms with E-state index in [2.05, 4.69) is 27.7 Å². The van der Waals surface area contributed by atoms with Crippen molar-refractivity contribution in [1.82, 2.24) is 9.80 Å². The summed E-state index contributed by atoms with van der Waals surface area (Å²) >= 11 is 2.99. The van der Waals surface area contributed by atoms with Gasteiger partial charge in [0.1, 0.15) is 4.91 Å². The molecule has 5 rings (SSSR count). The third-order valence-electron chi connectivity index (χ3n) is 6.30. The standard InChI is InChI=1S/C30H32N6O2S2/c1-5-31-22-16-15-21(32-26(37)19-34(2)3)17-23(22)33-30-36(18-20-11-7-6-8-12-20)28(38)27(40-30)29-35(4)24-13-9-10-14-25(24)39-29/h6-17,31H,5,18-19H2,1-4H3,(H,32,37)/b29-27-,33-30-. The molecule has 0 bridgehead atoms. The van der Waals surface area contributed by atoms with Crippen molar-refractivity contribution in [2.75, 3.05) is 49.8 Å². The topological polar surface area (TPSA) is 80.3 Å². The number of fused-ring (bicyclic) bond motifs is 1. The zero-order valence-electron chi connectivity index (χ0n) is 23.0. The van der Waals surface area contributed by atoms with Crippen LogP contribution in [0.1, 0.15) is 12.5 Å². The molecule has 2 heterocycles. The van der Waals surface area contributed by atoms with Crippen molar-refractivity contribution in [3.05, 3.63) is 88.3 Å². The van der Waals surface area contributed by atoms with Gasteiger partial charge in [-0.1, -0.05) is 54.2 Å². The van der Waals surface area contributed by atoms with Crippen molar-refractivity contribution < 1.29 is 9.59 Å². The molecule has 8 nitrogen and oxygen atoms in total. The van der Waals surface area contributed by atoms with Crippen LogP contribution in [0.5, 0.6) is 0 Å². The number of rotatable bonds is 8. The number of aliphatic imine (C=N–C) groups is 1. The highest BCUT2D eigenvalue weighted by atomic mass is 32.2. The summed E-state index contributed by atoms with van der Waals surface area (Å²) in [5.74, 6) is -0.181. The van der Waals surface area contributed by atoms with Gasteiger partial charge in [0.15, 0.2) is 5.17 Å². The minimum absolute atomic E-state index is 0.0739. The van der Waals surface area contributed by atoms with Crippen LogP contribution >= 0.6 is 23.5 Å². The monoisotopic (exact) mass is 572 g/mol. The van der Waals surface area contributed by atoms with Gasteiger partial charge in [-0.3, -0.25) is 14.5 Å². The Morgan fingerprint density at radius 1 is 1.00 bits per heavy atom. The summed E-state index contributed by atoms with van der Waals surface area (Å²) in [5.41, 5.74) is 4.23. The Hall–Kier alpha value is -3.73. The number of amidine groups is 1. The lowest BCUT2D eigenvalue weighted by molar-refractivity contribution is -0.122. The summed E-state index contributed by atoms with van der Waals surface area (Å²) in [7, 11) is 5.70. The van der Waals surface area contributed by atoms with E-state index in [4.69, 9.17) is 4.99 Å². The molecule has 2 aliphatic rings. The second-order valence-electron chi connectivity index (χ2n) is 9.68. The van der Waals surface area contributed by atoms with Gasteiger partial charge in [-0.2, -0.15) is 0 Å². The minimum Gasteiger partial charge on any atom is -0.384 e. The fourth-order valence-electron chi connectivity index (χ4n) is 4.46. The fourth-order valence-corrected chi connectivity index (χ4v) is 6.79.